The lowest BCUT2D eigenvalue weighted by molar-refractivity contribution is -0.0893. The molecule has 6 rings (SSSR count). The Morgan fingerprint density at radius 3 is 1.95 bits per heavy atom. The van der Waals surface area contributed by atoms with Gasteiger partial charge in [0.05, 0.1) is 28.2 Å². The summed E-state index contributed by atoms with van der Waals surface area (Å²) in [6.07, 6.45) is 0. The molecule has 0 bridgehead atoms. The molecule has 0 unspecified atom stereocenters. The van der Waals surface area contributed by atoms with Crippen molar-refractivity contribution in [3.05, 3.63) is 113 Å². The molecule has 4 aromatic carbocycles. The van der Waals surface area contributed by atoms with Crippen molar-refractivity contribution in [2.45, 2.75) is 44.3 Å². The van der Waals surface area contributed by atoms with Crippen molar-refractivity contribution in [2.24, 2.45) is 0 Å². The molecule has 2 aliphatic rings. The van der Waals surface area contributed by atoms with Crippen LogP contribution in [0.2, 0.25) is 0 Å². The van der Waals surface area contributed by atoms with Gasteiger partial charge in [-0.05, 0) is 74.2 Å². The van der Waals surface area contributed by atoms with Crippen LogP contribution in [0, 0.1) is 11.3 Å². The summed E-state index contributed by atoms with van der Waals surface area (Å²) in [4.78, 5) is 0. The summed E-state index contributed by atoms with van der Waals surface area (Å²) in [6, 6.07) is 30.9. The van der Waals surface area contributed by atoms with Crippen molar-refractivity contribution in [2.75, 3.05) is 0 Å². The van der Waals surface area contributed by atoms with Crippen LogP contribution < -0.4 is 10.2 Å². The second kappa shape index (κ2) is 8.08. The molecule has 0 amide bonds. The molecule has 5 heteroatoms. The van der Waals surface area contributed by atoms with Crippen LogP contribution in [0.15, 0.2) is 84.9 Å². The first-order chi connectivity index (χ1) is 17.7. The van der Waals surface area contributed by atoms with Gasteiger partial charge in [0, 0.05) is 11.1 Å². The second-order valence-electron chi connectivity index (χ2n) is 10.8. The zero-order valence-electron chi connectivity index (χ0n) is 21.4. The third kappa shape index (κ3) is 3.37. The van der Waals surface area contributed by atoms with Gasteiger partial charge in [0.1, 0.15) is 11.5 Å². The Morgan fingerprint density at radius 2 is 1.35 bits per heavy atom. The van der Waals surface area contributed by atoms with Gasteiger partial charge in [0.25, 0.3) is 0 Å². The Morgan fingerprint density at radius 1 is 0.784 bits per heavy atom. The quantitative estimate of drug-likeness (QED) is 0.320. The number of para-hydroxylation sites is 2. The Hall–Kier alpha value is -3.85. The van der Waals surface area contributed by atoms with Gasteiger partial charge in [-0.3, -0.25) is 0 Å². The average molecular weight is 484 g/mol. The minimum absolute atomic E-state index is 0.620. The van der Waals surface area contributed by atoms with E-state index < -0.39 is 16.6 Å². The topological polar surface area (TPSA) is 62.5 Å². The highest BCUT2D eigenvalue weighted by Crippen LogP contribution is 2.61. The fraction of sp³-hybridized carbons (Fsp3) is 0.219. The molecule has 1 spiro atoms. The molecule has 0 aromatic heterocycles. The summed E-state index contributed by atoms with van der Waals surface area (Å²) in [5, 5.41) is 20.4. The number of hydrogen-bond donors (Lipinski definition) is 1. The van der Waals surface area contributed by atoms with E-state index in [0.717, 1.165) is 50.3 Å². The molecule has 1 radical (unpaired) electrons. The number of hydrogen-bond acceptors (Lipinski definition) is 4. The Labute approximate surface area is 218 Å². The van der Waals surface area contributed by atoms with Crippen LogP contribution in [0.3, 0.4) is 0 Å². The highest BCUT2D eigenvalue weighted by atomic mass is 16.5. The molecule has 0 atom stereocenters. The number of fused-ring (bicyclic) bond motifs is 9. The minimum atomic E-state index is -1.02. The van der Waals surface area contributed by atoms with Gasteiger partial charge < -0.3 is 14.5 Å². The zero-order chi connectivity index (χ0) is 26.0. The van der Waals surface area contributed by atoms with Crippen molar-refractivity contribution in [1.29, 1.82) is 5.26 Å². The van der Waals surface area contributed by atoms with Crippen molar-refractivity contribution < 1.29 is 14.5 Å². The molecule has 1 aliphatic heterocycles. The van der Waals surface area contributed by atoms with Gasteiger partial charge in [-0.2, -0.15) is 5.26 Å². The first kappa shape index (κ1) is 23.5. The van der Waals surface area contributed by atoms with Gasteiger partial charge in [-0.25, -0.2) is 0 Å². The van der Waals surface area contributed by atoms with E-state index >= 15 is 0 Å². The van der Waals surface area contributed by atoms with Crippen LogP contribution in [-0.2, 0) is 10.1 Å². The van der Waals surface area contributed by atoms with E-state index in [9.17, 15) is 10.4 Å². The molecule has 37 heavy (non-hydrogen) atoms. The number of nitrogens with zero attached hydrogens (tertiary/aromatic N) is 1. The normalized spacial score (nSPS) is 14.6. The number of ether oxygens (including phenoxy) is 1. The molecular weight excluding hydrogens is 457 g/mol. The third-order valence-corrected chi connectivity index (χ3v) is 8.06. The van der Waals surface area contributed by atoms with E-state index in [2.05, 4.69) is 36.4 Å². The first-order valence-electron chi connectivity index (χ1n) is 12.5. The van der Waals surface area contributed by atoms with Gasteiger partial charge in [-0.1, -0.05) is 66.1 Å². The summed E-state index contributed by atoms with van der Waals surface area (Å²) in [6.45, 7) is 7.25. The SMILES string of the molecule is CC(C)(O)C(C)(C)O[B]c1ccc2c(c1)C1(c3ccccc3Oc3ccccc31)c1cc(C#N)ccc1-2. The maximum absolute atomic E-state index is 10.6. The fourth-order valence-corrected chi connectivity index (χ4v) is 5.42. The lowest BCUT2D eigenvalue weighted by atomic mass is 9.65. The van der Waals surface area contributed by atoms with Crippen LogP contribution >= 0.6 is 0 Å². The molecule has 1 N–H and O–H groups in total. The third-order valence-electron chi connectivity index (χ3n) is 8.06. The van der Waals surface area contributed by atoms with E-state index in [1.165, 1.54) is 0 Å². The van der Waals surface area contributed by atoms with Crippen LogP contribution in [0.4, 0.5) is 0 Å². The standard InChI is InChI=1S/C32H27BNO3/c1-30(2,35)31(3,4)37-33-21-14-16-23-22-15-13-20(19-34)17-26(22)32(27(23)18-21)24-9-5-7-11-28(24)36-29-12-8-6-10-25(29)32/h5-18,35H,1-4H3. The fourth-order valence-electron chi connectivity index (χ4n) is 5.42. The Kier molecular flexibility index (Phi) is 5.14. The van der Waals surface area contributed by atoms with Crippen LogP contribution in [0.25, 0.3) is 11.1 Å². The molecule has 4 aromatic rings. The number of aliphatic hydroxyl groups is 1. The summed E-state index contributed by atoms with van der Waals surface area (Å²) < 4.78 is 12.5. The predicted molar refractivity (Wildman–Crippen MR) is 145 cm³/mol. The average Bonchev–Trinajstić information content (AvgIpc) is 3.16. The number of nitriles is 1. The monoisotopic (exact) mass is 484 g/mol. The second-order valence-corrected chi connectivity index (χ2v) is 10.8. The van der Waals surface area contributed by atoms with E-state index in [1.54, 1.807) is 21.3 Å². The summed E-state index contributed by atoms with van der Waals surface area (Å²) in [5.74, 6) is 1.60. The zero-order valence-corrected chi connectivity index (χ0v) is 21.4. The molecule has 1 aliphatic carbocycles. The van der Waals surface area contributed by atoms with Crippen molar-refractivity contribution in [3.63, 3.8) is 0 Å². The Bertz CT molecular complexity index is 1550. The van der Waals surface area contributed by atoms with Crippen LogP contribution in [0.1, 0.15) is 55.5 Å². The number of rotatable bonds is 4. The van der Waals surface area contributed by atoms with Gasteiger partial charge in [0.2, 0.25) is 0 Å². The maximum Gasteiger partial charge on any atom is 0.330 e. The smallest absolute Gasteiger partial charge is 0.330 e. The first-order valence-corrected chi connectivity index (χ1v) is 12.5. The lowest BCUT2D eigenvalue weighted by Crippen LogP contribution is -2.49. The molecule has 0 saturated carbocycles. The van der Waals surface area contributed by atoms with Crippen molar-refractivity contribution in [3.8, 4) is 28.7 Å². The van der Waals surface area contributed by atoms with Gasteiger partial charge >= 0.3 is 7.48 Å². The van der Waals surface area contributed by atoms with Crippen molar-refractivity contribution >= 4 is 12.9 Å². The van der Waals surface area contributed by atoms with E-state index in [4.69, 9.17) is 9.39 Å². The highest BCUT2D eigenvalue weighted by molar-refractivity contribution is 6.47. The number of benzene rings is 4. The molecule has 1 heterocycles. The Balaban J connectivity index is 1.62. The lowest BCUT2D eigenvalue weighted by Gasteiger charge is -2.39. The largest absolute Gasteiger partial charge is 0.457 e. The van der Waals surface area contributed by atoms with Gasteiger partial charge in [0.15, 0.2) is 0 Å². The summed E-state index contributed by atoms with van der Waals surface area (Å²) in [7, 11) is 1.73. The van der Waals surface area contributed by atoms with Gasteiger partial charge in [-0.15, -0.1) is 0 Å². The van der Waals surface area contributed by atoms with E-state index in [-0.39, 0.29) is 0 Å². The van der Waals surface area contributed by atoms with Crippen LogP contribution in [-0.4, -0.2) is 23.8 Å². The summed E-state index contributed by atoms with van der Waals surface area (Å²) >= 11 is 0. The highest BCUT2D eigenvalue weighted by Gasteiger charge is 2.51. The molecular formula is C32H27BNO3. The summed E-state index contributed by atoms with van der Waals surface area (Å²) in [5.41, 5.74) is 5.53. The van der Waals surface area contributed by atoms with E-state index in [1.807, 2.05) is 68.4 Å². The predicted octanol–water partition coefficient (Wildman–Crippen LogP) is 5.84. The molecule has 181 valence electrons. The van der Waals surface area contributed by atoms with E-state index in [0.29, 0.717) is 5.56 Å². The van der Waals surface area contributed by atoms with Crippen molar-refractivity contribution in [1.82, 2.24) is 0 Å². The van der Waals surface area contributed by atoms with Crippen LogP contribution in [0.5, 0.6) is 11.5 Å². The molecule has 0 fully saturated rings. The molecule has 0 saturated heterocycles. The maximum atomic E-state index is 10.6. The molecule has 4 nitrogen and oxygen atoms in total. The minimum Gasteiger partial charge on any atom is -0.457 e.